The molecule has 4 heteroatoms. The number of nitriles is 1. The van der Waals surface area contributed by atoms with E-state index in [0.29, 0.717) is 12.1 Å². The van der Waals surface area contributed by atoms with Gasteiger partial charge >= 0.3 is 5.69 Å². The number of nitrogens with zero attached hydrogens (tertiary/aromatic N) is 3. The summed E-state index contributed by atoms with van der Waals surface area (Å²) < 4.78 is 3.13. The lowest BCUT2D eigenvalue weighted by molar-refractivity contribution is 0.717. The fourth-order valence-corrected chi connectivity index (χ4v) is 1.57. The van der Waals surface area contributed by atoms with Gasteiger partial charge in [-0.05, 0) is 17.7 Å². The van der Waals surface area contributed by atoms with Gasteiger partial charge < -0.3 is 4.57 Å². The Kier molecular flexibility index (Phi) is 2.61. The van der Waals surface area contributed by atoms with Crippen LogP contribution in [0.15, 0.2) is 41.5 Å². The molecule has 80 valence electrons. The van der Waals surface area contributed by atoms with Crippen molar-refractivity contribution in [1.82, 2.24) is 9.13 Å². The Morgan fingerprint density at radius 1 is 1.38 bits per heavy atom. The largest absolute Gasteiger partial charge is 0.328 e. The van der Waals surface area contributed by atoms with Crippen molar-refractivity contribution in [3.63, 3.8) is 0 Å². The predicted octanol–water partition coefficient (Wildman–Crippen LogP) is 1.11. The van der Waals surface area contributed by atoms with E-state index >= 15 is 0 Å². The van der Waals surface area contributed by atoms with Crippen LogP contribution in [0.3, 0.4) is 0 Å². The standard InChI is InChI=1S/C12H11N3O/c1-14-5-6-15(12(14)16)9-11-4-2-3-10(7-11)8-13/h2-7H,9H2,1H3. The monoisotopic (exact) mass is 213 g/mol. The summed E-state index contributed by atoms with van der Waals surface area (Å²) in [4.78, 5) is 11.6. The molecule has 0 atom stereocenters. The minimum atomic E-state index is -0.0534. The molecule has 0 aliphatic carbocycles. The fraction of sp³-hybridized carbons (Fsp3) is 0.167. The molecule has 0 saturated heterocycles. The van der Waals surface area contributed by atoms with E-state index in [1.165, 1.54) is 4.57 Å². The Bertz CT molecular complexity index is 601. The van der Waals surface area contributed by atoms with Crippen molar-refractivity contribution in [1.29, 1.82) is 5.26 Å². The van der Waals surface area contributed by atoms with Crippen LogP contribution in [0.5, 0.6) is 0 Å². The zero-order chi connectivity index (χ0) is 11.5. The van der Waals surface area contributed by atoms with Gasteiger partial charge in [-0.25, -0.2) is 4.79 Å². The lowest BCUT2D eigenvalue weighted by Crippen LogP contribution is -2.22. The zero-order valence-electron chi connectivity index (χ0n) is 8.92. The molecule has 1 aromatic heterocycles. The highest BCUT2D eigenvalue weighted by Gasteiger charge is 2.01. The molecule has 2 rings (SSSR count). The highest BCUT2D eigenvalue weighted by atomic mass is 16.1. The first-order valence-corrected chi connectivity index (χ1v) is 4.91. The van der Waals surface area contributed by atoms with Crippen LogP contribution in [0, 0.1) is 11.3 Å². The van der Waals surface area contributed by atoms with Gasteiger partial charge in [0.2, 0.25) is 0 Å². The lowest BCUT2D eigenvalue weighted by Gasteiger charge is -2.01. The van der Waals surface area contributed by atoms with Crippen LogP contribution in [-0.4, -0.2) is 9.13 Å². The van der Waals surface area contributed by atoms with Crippen molar-refractivity contribution in [2.45, 2.75) is 6.54 Å². The first kappa shape index (κ1) is 10.2. The average molecular weight is 213 g/mol. The van der Waals surface area contributed by atoms with Gasteiger partial charge in [0.1, 0.15) is 0 Å². The molecular formula is C12H11N3O. The molecule has 0 saturated carbocycles. The Hall–Kier alpha value is -2.28. The summed E-state index contributed by atoms with van der Waals surface area (Å²) in [7, 11) is 1.71. The quantitative estimate of drug-likeness (QED) is 0.750. The normalized spacial score (nSPS) is 10.0. The minimum absolute atomic E-state index is 0.0534. The number of hydrogen-bond acceptors (Lipinski definition) is 2. The summed E-state index contributed by atoms with van der Waals surface area (Å²) in [6.07, 6.45) is 3.46. The Morgan fingerprint density at radius 2 is 2.19 bits per heavy atom. The van der Waals surface area contributed by atoms with Gasteiger partial charge in [-0.15, -0.1) is 0 Å². The highest BCUT2D eigenvalue weighted by molar-refractivity contribution is 5.32. The summed E-state index contributed by atoms with van der Waals surface area (Å²) in [5, 5.41) is 8.76. The first-order valence-electron chi connectivity index (χ1n) is 4.91. The smallest absolute Gasteiger partial charge is 0.302 e. The van der Waals surface area contributed by atoms with Crippen molar-refractivity contribution in [2.24, 2.45) is 7.05 Å². The molecule has 4 nitrogen and oxygen atoms in total. The highest BCUT2D eigenvalue weighted by Crippen LogP contribution is 2.05. The summed E-state index contributed by atoms with van der Waals surface area (Å²) in [5.41, 5.74) is 1.51. The van der Waals surface area contributed by atoms with Crippen LogP contribution >= 0.6 is 0 Å². The molecule has 0 fully saturated rings. The third-order valence-corrected chi connectivity index (χ3v) is 2.43. The number of aryl methyl sites for hydroxylation is 1. The second-order valence-electron chi connectivity index (χ2n) is 3.63. The molecule has 1 aromatic carbocycles. The van der Waals surface area contributed by atoms with E-state index in [0.717, 1.165) is 5.56 Å². The fourth-order valence-electron chi connectivity index (χ4n) is 1.57. The van der Waals surface area contributed by atoms with Crippen molar-refractivity contribution in [2.75, 3.05) is 0 Å². The van der Waals surface area contributed by atoms with Gasteiger partial charge in [-0.3, -0.25) is 4.57 Å². The summed E-state index contributed by atoms with van der Waals surface area (Å²) in [6, 6.07) is 9.34. The van der Waals surface area contributed by atoms with E-state index in [9.17, 15) is 4.79 Å². The van der Waals surface area contributed by atoms with Crippen LogP contribution in [0.25, 0.3) is 0 Å². The summed E-state index contributed by atoms with van der Waals surface area (Å²) in [5.74, 6) is 0. The van der Waals surface area contributed by atoms with Crippen LogP contribution < -0.4 is 5.69 Å². The Morgan fingerprint density at radius 3 is 2.81 bits per heavy atom. The summed E-state index contributed by atoms with van der Waals surface area (Å²) in [6.45, 7) is 0.495. The van der Waals surface area contributed by atoms with E-state index in [4.69, 9.17) is 5.26 Å². The van der Waals surface area contributed by atoms with Gasteiger partial charge in [0, 0.05) is 19.4 Å². The maximum atomic E-state index is 11.6. The number of aromatic nitrogens is 2. The molecule has 0 unspecified atom stereocenters. The van der Waals surface area contributed by atoms with Gasteiger partial charge in [-0.1, -0.05) is 12.1 Å². The minimum Gasteiger partial charge on any atom is -0.302 e. The number of rotatable bonds is 2. The lowest BCUT2D eigenvalue weighted by atomic mass is 10.1. The molecular weight excluding hydrogens is 202 g/mol. The van der Waals surface area contributed by atoms with Gasteiger partial charge in [0.05, 0.1) is 18.2 Å². The molecule has 0 spiro atoms. The average Bonchev–Trinajstić information content (AvgIpc) is 2.61. The molecule has 0 amide bonds. The third kappa shape index (κ3) is 1.89. The molecule has 0 aliphatic heterocycles. The number of benzene rings is 1. The molecule has 0 radical (unpaired) electrons. The van der Waals surface area contributed by atoms with Crippen molar-refractivity contribution < 1.29 is 0 Å². The predicted molar refractivity (Wildman–Crippen MR) is 59.9 cm³/mol. The van der Waals surface area contributed by atoms with Gasteiger partial charge in [0.15, 0.2) is 0 Å². The second kappa shape index (κ2) is 4.07. The van der Waals surface area contributed by atoms with Gasteiger partial charge in [-0.2, -0.15) is 5.26 Å². The molecule has 2 aromatic rings. The molecule has 0 aliphatic rings. The maximum Gasteiger partial charge on any atom is 0.328 e. The van der Waals surface area contributed by atoms with E-state index < -0.39 is 0 Å². The SMILES string of the molecule is Cn1ccn(Cc2cccc(C#N)c2)c1=O. The van der Waals surface area contributed by atoms with Crippen LogP contribution in [0.1, 0.15) is 11.1 Å². The van der Waals surface area contributed by atoms with Crippen LogP contribution in [0.4, 0.5) is 0 Å². The second-order valence-corrected chi connectivity index (χ2v) is 3.63. The third-order valence-electron chi connectivity index (χ3n) is 2.43. The Balaban J connectivity index is 2.31. The number of imidazole rings is 1. The zero-order valence-corrected chi connectivity index (χ0v) is 8.92. The van der Waals surface area contributed by atoms with Crippen LogP contribution in [-0.2, 0) is 13.6 Å². The summed E-state index contributed by atoms with van der Waals surface area (Å²) >= 11 is 0. The molecule has 0 N–H and O–H groups in total. The van der Waals surface area contributed by atoms with E-state index in [1.807, 2.05) is 12.1 Å². The van der Waals surface area contributed by atoms with Crippen LogP contribution in [0.2, 0.25) is 0 Å². The van der Waals surface area contributed by atoms with E-state index in [-0.39, 0.29) is 5.69 Å². The number of hydrogen-bond donors (Lipinski definition) is 0. The van der Waals surface area contributed by atoms with Crippen molar-refractivity contribution in [3.05, 3.63) is 58.3 Å². The topological polar surface area (TPSA) is 50.7 Å². The van der Waals surface area contributed by atoms with Crippen molar-refractivity contribution in [3.8, 4) is 6.07 Å². The van der Waals surface area contributed by atoms with E-state index in [1.54, 1.807) is 36.1 Å². The Labute approximate surface area is 93.0 Å². The first-order chi connectivity index (χ1) is 7.70. The molecule has 16 heavy (non-hydrogen) atoms. The van der Waals surface area contributed by atoms with Gasteiger partial charge in [0.25, 0.3) is 0 Å². The molecule has 1 heterocycles. The van der Waals surface area contributed by atoms with Crippen molar-refractivity contribution >= 4 is 0 Å². The maximum absolute atomic E-state index is 11.6. The molecule has 0 bridgehead atoms. The van der Waals surface area contributed by atoms with E-state index in [2.05, 4.69) is 6.07 Å².